The monoisotopic (exact) mass is 337 g/mol. The molecule has 3 rings (SSSR count). The maximum Gasteiger partial charge on any atom is 0.225 e. The van der Waals surface area contributed by atoms with Crippen molar-refractivity contribution in [1.82, 2.24) is 14.7 Å². The van der Waals surface area contributed by atoms with Crippen molar-refractivity contribution in [3.63, 3.8) is 0 Å². The molecule has 0 atom stereocenters. The number of ether oxygens (including phenoxy) is 1. The lowest BCUT2D eigenvalue weighted by Crippen LogP contribution is -2.54. The highest BCUT2D eigenvalue weighted by molar-refractivity contribution is 5.79. The van der Waals surface area contributed by atoms with E-state index in [0.717, 1.165) is 78.0 Å². The van der Waals surface area contributed by atoms with Gasteiger partial charge in [-0.15, -0.1) is 0 Å². The summed E-state index contributed by atoms with van der Waals surface area (Å²) < 4.78 is 5.60. The lowest BCUT2D eigenvalue weighted by molar-refractivity contribution is -0.139. The van der Waals surface area contributed by atoms with Gasteiger partial charge in [-0.3, -0.25) is 14.6 Å². The fourth-order valence-corrected chi connectivity index (χ4v) is 4.16. The van der Waals surface area contributed by atoms with E-state index in [2.05, 4.69) is 21.6 Å². The first kappa shape index (κ1) is 18.2. The summed E-state index contributed by atoms with van der Waals surface area (Å²) in [5.74, 6) is 0.802. The van der Waals surface area contributed by atoms with Crippen LogP contribution in [0.3, 0.4) is 0 Å². The molecule has 2 saturated heterocycles. The Kier molecular flexibility index (Phi) is 6.93. The van der Waals surface area contributed by atoms with Crippen LogP contribution in [-0.4, -0.2) is 85.7 Å². The van der Waals surface area contributed by atoms with Gasteiger partial charge in [0.05, 0.1) is 6.61 Å². The predicted molar refractivity (Wildman–Crippen MR) is 96.1 cm³/mol. The van der Waals surface area contributed by atoms with Gasteiger partial charge in [0, 0.05) is 64.4 Å². The van der Waals surface area contributed by atoms with Gasteiger partial charge in [-0.05, 0) is 32.1 Å². The number of carbonyl (C=O) groups is 1. The molecule has 5 nitrogen and oxygen atoms in total. The zero-order valence-electron chi connectivity index (χ0n) is 15.4. The van der Waals surface area contributed by atoms with Gasteiger partial charge in [0.1, 0.15) is 0 Å². The Morgan fingerprint density at radius 2 is 1.67 bits per heavy atom. The average molecular weight is 338 g/mol. The molecule has 138 valence electrons. The maximum absolute atomic E-state index is 12.3. The normalized spacial score (nSPS) is 25.0. The van der Waals surface area contributed by atoms with Crippen LogP contribution >= 0.6 is 0 Å². The van der Waals surface area contributed by atoms with Crippen LogP contribution in [-0.2, 0) is 9.53 Å². The molecular formula is C19H35N3O2. The molecule has 3 fully saturated rings. The van der Waals surface area contributed by atoms with Crippen LogP contribution in [0, 0.1) is 5.92 Å². The Balaban J connectivity index is 1.32. The van der Waals surface area contributed by atoms with Crippen LogP contribution in [0.4, 0.5) is 0 Å². The van der Waals surface area contributed by atoms with Crippen molar-refractivity contribution in [2.75, 3.05) is 59.0 Å². The fourth-order valence-electron chi connectivity index (χ4n) is 4.16. The lowest BCUT2D eigenvalue weighted by atomic mass is 9.84. The summed E-state index contributed by atoms with van der Waals surface area (Å²) in [4.78, 5) is 19.7. The van der Waals surface area contributed by atoms with Gasteiger partial charge >= 0.3 is 0 Å². The van der Waals surface area contributed by atoms with E-state index in [0.29, 0.717) is 17.9 Å². The molecule has 3 aliphatic rings. The molecule has 2 heterocycles. The second kappa shape index (κ2) is 9.16. The van der Waals surface area contributed by atoms with Crippen molar-refractivity contribution in [3.05, 3.63) is 0 Å². The van der Waals surface area contributed by atoms with Crippen molar-refractivity contribution in [2.45, 2.75) is 51.5 Å². The Labute approximate surface area is 147 Å². The molecule has 0 radical (unpaired) electrons. The van der Waals surface area contributed by atoms with Gasteiger partial charge in [-0.1, -0.05) is 13.3 Å². The predicted octanol–water partition coefficient (Wildman–Crippen LogP) is 1.82. The Morgan fingerprint density at radius 1 is 0.958 bits per heavy atom. The SMILES string of the molecule is CCCOCCN1CCN(C2CCN(C(=O)C3CCC3)CC2)CC1. The minimum Gasteiger partial charge on any atom is -0.380 e. The molecule has 0 aromatic heterocycles. The number of hydrogen-bond acceptors (Lipinski definition) is 4. The number of piperidine rings is 1. The molecule has 0 unspecified atom stereocenters. The highest BCUT2D eigenvalue weighted by Crippen LogP contribution is 2.29. The number of amides is 1. The van der Waals surface area contributed by atoms with Gasteiger partial charge in [0.15, 0.2) is 0 Å². The fraction of sp³-hybridized carbons (Fsp3) is 0.947. The summed E-state index contributed by atoms with van der Waals surface area (Å²) >= 11 is 0. The third-order valence-corrected chi connectivity index (χ3v) is 6.05. The van der Waals surface area contributed by atoms with E-state index in [1.54, 1.807) is 0 Å². The maximum atomic E-state index is 12.3. The summed E-state index contributed by atoms with van der Waals surface area (Å²) in [7, 11) is 0. The Bertz CT molecular complexity index is 384. The first-order valence-electron chi connectivity index (χ1n) is 10.1. The number of piperazine rings is 1. The summed E-state index contributed by atoms with van der Waals surface area (Å²) in [5.41, 5.74) is 0. The lowest BCUT2D eigenvalue weighted by Gasteiger charge is -2.43. The molecule has 0 bridgehead atoms. The van der Waals surface area contributed by atoms with E-state index in [4.69, 9.17) is 4.74 Å². The van der Waals surface area contributed by atoms with Gasteiger partial charge < -0.3 is 9.64 Å². The highest BCUT2D eigenvalue weighted by Gasteiger charge is 2.33. The van der Waals surface area contributed by atoms with Crippen LogP contribution in [0.15, 0.2) is 0 Å². The molecular weight excluding hydrogens is 302 g/mol. The topological polar surface area (TPSA) is 36.0 Å². The van der Waals surface area contributed by atoms with Crippen molar-refractivity contribution in [2.24, 2.45) is 5.92 Å². The largest absolute Gasteiger partial charge is 0.380 e. The summed E-state index contributed by atoms with van der Waals surface area (Å²) in [5, 5.41) is 0. The van der Waals surface area contributed by atoms with Crippen LogP contribution in [0.1, 0.15) is 45.4 Å². The zero-order valence-corrected chi connectivity index (χ0v) is 15.4. The second-order valence-electron chi connectivity index (χ2n) is 7.67. The smallest absolute Gasteiger partial charge is 0.225 e. The van der Waals surface area contributed by atoms with Crippen molar-refractivity contribution >= 4 is 5.91 Å². The number of rotatable bonds is 7. The van der Waals surface area contributed by atoms with E-state index >= 15 is 0 Å². The summed E-state index contributed by atoms with van der Waals surface area (Å²) in [6.45, 7) is 11.6. The van der Waals surface area contributed by atoms with E-state index in [1.807, 2.05) is 0 Å². The van der Waals surface area contributed by atoms with E-state index in [9.17, 15) is 4.79 Å². The van der Waals surface area contributed by atoms with Crippen LogP contribution in [0.5, 0.6) is 0 Å². The molecule has 2 aliphatic heterocycles. The van der Waals surface area contributed by atoms with Crippen LogP contribution in [0.2, 0.25) is 0 Å². The van der Waals surface area contributed by atoms with Crippen molar-refractivity contribution in [3.8, 4) is 0 Å². The second-order valence-corrected chi connectivity index (χ2v) is 7.67. The van der Waals surface area contributed by atoms with E-state index < -0.39 is 0 Å². The standard InChI is InChI=1S/C19H35N3O2/c1-2-15-24-16-14-20-10-12-21(13-11-20)18-6-8-22(9-7-18)19(23)17-4-3-5-17/h17-18H,2-16H2,1H3. The molecule has 1 aliphatic carbocycles. The van der Waals surface area contributed by atoms with Crippen LogP contribution < -0.4 is 0 Å². The molecule has 0 aromatic carbocycles. The quantitative estimate of drug-likeness (QED) is 0.664. The van der Waals surface area contributed by atoms with E-state index in [-0.39, 0.29) is 0 Å². The zero-order chi connectivity index (χ0) is 16.8. The third kappa shape index (κ3) is 4.70. The minimum absolute atomic E-state index is 0.361. The van der Waals surface area contributed by atoms with Gasteiger partial charge in [0.25, 0.3) is 0 Å². The van der Waals surface area contributed by atoms with E-state index in [1.165, 1.54) is 19.5 Å². The van der Waals surface area contributed by atoms with Gasteiger partial charge in [-0.2, -0.15) is 0 Å². The van der Waals surface area contributed by atoms with Gasteiger partial charge in [-0.25, -0.2) is 0 Å². The van der Waals surface area contributed by atoms with Gasteiger partial charge in [0.2, 0.25) is 5.91 Å². The van der Waals surface area contributed by atoms with Crippen LogP contribution in [0.25, 0.3) is 0 Å². The molecule has 1 saturated carbocycles. The van der Waals surface area contributed by atoms with Crippen molar-refractivity contribution < 1.29 is 9.53 Å². The number of likely N-dealkylation sites (tertiary alicyclic amines) is 1. The molecule has 1 amide bonds. The average Bonchev–Trinajstić information content (AvgIpc) is 2.58. The summed E-state index contributed by atoms with van der Waals surface area (Å²) in [6.07, 6.45) is 6.94. The molecule has 24 heavy (non-hydrogen) atoms. The first-order chi connectivity index (χ1) is 11.8. The molecule has 5 heteroatoms. The summed E-state index contributed by atoms with van der Waals surface area (Å²) in [6, 6.07) is 0.689. The Morgan fingerprint density at radius 3 is 2.25 bits per heavy atom. The number of nitrogens with zero attached hydrogens (tertiary/aromatic N) is 3. The number of hydrogen-bond donors (Lipinski definition) is 0. The van der Waals surface area contributed by atoms with Crippen molar-refractivity contribution in [1.29, 1.82) is 0 Å². The Hall–Kier alpha value is -0.650. The number of carbonyl (C=O) groups excluding carboxylic acids is 1. The minimum atomic E-state index is 0.361. The molecule has 0 N–H and O–H groups in total. The first-order valence-corrected chi connectivity index (χ1v) is 10.1. The molecule has 0 aromatic rings. The molecule has 0 spiro atoms. The highest BCUT2D eigenvalue weighted by atomic mass is 16.5. The third-order valence-electron chi connectivity index (χ3n) is 6.05.